The zero-order chi connectivity index (χ0) is 15.4. The molecule has 0 bridgehead atoms. The maximum Gasteiger partial charge on any atom is 0.232 e. The highest BCUT2D eigenvalue weighted by Gasteiger charge is 2.26. The van der Waals surface area contributed by atoms with Crippen LogP contribution in [0.15, 0.2) is 0 Å². The molecular formula is C14H24N4O3. The van der Waals surface area contributed by atoms with Crippen molar-refractivity contribution in [1.29, 1.82) is 0 Å². The molecule has 2 heterocycles. The van der Waals surface area contributed by atoms with E-state index in [0.717, 1.165) is 13.1 Å². The molecule has 2 aliphatic heterocycles. The molecule has 0 aromatic rings. The van der Waals surface area contributed by atoms with Gasteiger partial charge in [0.15, 0.2) is 0 Å². The summed E-state index contributed by atoms with van der Waals surface area (Å²) in [5.41, 5.74) is 0. The number of rotatable bonds is 2. The van der Waals surface area contributed by atoms with Gasteiger partial charge in [0, 0.05) is 59.3 Å². The Kier molecular flexibility index (Phi) is 5.17. The van der Waals surface area contributed by atoms with Gasteiger partial charge >= 0.3 is 0 Å². The summed E-state index contributed by atoms with van der Waals surface area (Å²) in [5.74, 6) is -0.167. The number of nitrogens with zero attached hydrogens (tertiary/aromatic N) is 4. The maximum atomic E-state index is 12.2. The van der Waals surface area contributed by atoms with Crippen LogP contribution in [0.1, 0.15) is 13.3 Å². The van der Waals surface area contributed by atoms with Gasteiger partial charge in [-0.25, -0.2) is 0 Å². The summed E-state index contributed by atoms with van der Waals surface area (Å²) in [4.78, 5) is 42.9. The Hall–Kier alpha value is -1.63. The van der Waals surface area contributed by atoms with Crippen LogP contribution in [0.3, 0.4) is 0 Å². The summed E-state index contributed by atoms with van der Waals surface area (Å²) < 4.78 is 0. The highest BCUT2D eigenvalue weighted by atomic mass is 16.2. The van der Waals surface area contributed by atoms with Gasteiger partial charge in [0.25, 0.3) is 0 Å². The first-order valence-corrected chi connectivity index (χ1v) is 7.47. The number of hydrogen-bond donors (Lipinski definition) is 0. The lowest BCUT2D eigenvalue weighted by Crippen LogP contribution is -2.52. The van der Waals surface area contributed by atoms with Crippen molar-refractivity contribution in [3.05, 3.63) is 0 Å². The lowest BCUT2D eigenvalue weighted by Gasteiger charge is -2.35. The standard InChI is InChI=1S/C14H24N4O3/c1-12(19)16-7-9-18(10-8-16)14(21)11-13(20)17-5-3-15(2)4-6-17/h3-11H2,1-2H3. The van der Waals surface area contributed by atoms with E-state index in [2.05, 4.69) is 4.90 Å². The van der Waals surface area contributed by atoms with E-state index in [1.807, 2.05) is 7.05 Å². The zero-order valence-electron chi connectivity index (χ0n) is 12.9. The van der Waals surface area contributed by atoms with Crippen LogP contribution < -0.4 is 0 Å². The fourth-order valence-electron chi connectivity index (χ4n) is 2.68. The topological polar surface area (TPSA) is 64.2 Å². The highest BCUT2D eigenvalue weighted by Crippen LogP contribution is 2.07. The Labute approximate surface area is 125 Å². The normalized spacial score (nSPS) is 20.6. The minimum atomic E-state index is -0.123. The Morgan fingerprint density at radius 3 is 1.52 bits per heavy atom. The molecule has 0 aromatic carbocycles. The van der Waals surface area contributed by atoms with E-state index in [4.69, 9.17) is 0 Å². The van der Waals surface area contributed by atoms with E-state index in [0.29, 0.717) is 39.3 Å². The Morgan fingerprint density at radius 1 is 0.714 bits per heavy atom. The molecular weight excluding hydrogens is 272 g/mol. The Morgan fingerprint density at radius 2 is 1.10 bits per heavy atom. The number of carbonyl (C=O) groups is 3. The molecule has 0 unspecified atom stereocenters. The van der Waals surface area contributed by atoms with Gasteiger partial charge in [-0.2, -0.15) is 0 Å². The molecule has 3 amide bonds. The molecule has 0 saturated carbocycles. The average molecular weight is 296 g/mol. The molecule has 2 fully saturated rings. The van der Waals surface area contributed by atoms with Crippen molar-refractivity contribution in [3.8, 4) is 0 Å². The van der Waals surface area contributed by atoms with E-state index in [9.17, 15) is 14.4 Å². The second-order valence-corrected chi connectivity index (χ2v) is 5.75. The lowest BCUT2D eigenvalue weighted by molar-refractivity contribution is -0.144. The minimum absolute atomic E-state index is 0.0376. The van der Waals surface area contributed by atoms with Gasteiger partial charge in [0.1, 0.15) is 6.42 Å². The Bertz CT molecular complexity index is 410. The van der Waals surface area contributed by atoms with Gasteiger partial charge in [0.05, 0.1) is 0 Å². The summed E-state index contributed by atoms with van der Waals surface area (Å²) in [6, 6.07) is 0. The van der Waals surface area contributed by atoms with Crippen LogP contribution in [0.4, 0.5) is 0 Å². The summed E-state index contributed by atoms with van der Waals surface area (Å²) in [7, 11) is 2.03. The van der Waals surface area contributed by atoms with E-state index in [-0.39, 0.29) is 24.1 Å². The molecule has 2 aliphatic rings. The predicted octanol–water partition coefficient (Wildman–Crippen LogP) is -1.16. The minimum Gasteiger partial charge on any atom is -0.340 e. The van der Waals surface area contributed by atoms with Crippen molar-refractivity contribution in [2.24, 2.45) is 0 Å². The highest BCUT2D eigenvalue weighted by molar-refractivity contribution is 5.97. The summed E-state index contributed by atoms with van der Waals surface area (Å²) in [5, 5.41) is 0. The van der Waals surface area contributed by atoms with E-state index >= 15 is 0 Å². The van der Waals surface area contributed by atoms with Crippen LogP contribution >= 0.6 is 0 Å². The third kappa shape index (κ3) is 4.17. The van der Waals surface area contributed by atoms with Gasteiger partial charge in [-0.1, -0.05) is 0 Å². The number of piperazine rings is 2. The van der Waals surface area contributed by atoms with Gasteiger partial charge < -0.3 is 19.6 Å². The molecule has 7 nitrogen and oxygen atoms in total. The van der Waals surface area contributed by atoms with Crippen molar-refractivity contribution < 1.29 is 14.4 Å². The van der Waals surface area contributed by atoms with Crippen LogP contribution in [0.5, 0.6) is 0 Å². The van der Waals surface area contributed by atoms with E-state index < -0.39 is 0 Å². The van der Waals surface area contributed by atoms with E-state index in [1.165, 1.54) is 6.92 Å². The molecule has 0 aromatic heterocycles. The first kappa shape index (κ1) is 15.8. The Balaban J connectivity index is 1.77. The third-order valence-electron chi connectivity index (χ3n) is 4.24. The van der Waals surface area contributed by atoms with Crippen molar-refractivity contribution in [2.75, 3.05) is 59.4 Å². The van der Waals surface area contributed by atoms with Crippen molar-refractivity contribution in [1.82, 2.24) is 19.6 Å². The SMILES string of the molecule is CC(=O)N1CCN(C(=O)CC(=O)N2CCN(C)CC2)CC1. The monoisotopic (exact) mass is 296 g/mol. The molecule has 7 heteroatoms. The predicted molar refractivity (Wildman–Crippen MR) is 77.5 cm³/mol. The molecule has 2 saturated heterocycles. The molecule has 118 valence electrons. The molecule has 0 aliphatic carbocycles. The fourth-order valence-corrected chi connectivity index (χ4v) is 2.68. The van der Waals surface area contributed by atoms with Crippen LogP contribution in [-0.2, 0) is 14.4 Å². The first-order chi connectivity index (χ1) is 9.97. The van der Waals surface area contributed by atoms with Gasteiger partial charge in [0.2, 0.25) is 17.7 Å². The summed E-state index contributed by atoms with van der Waals surface area (Å²) >= 11 is 0. The van der Waals surface area contributed by atoms with Crippen molar-refractivity contribution in [3.63, 3.8) is 0 Å². The van der Waals surface area contributed by atoms with Gasteiger partial charge in [-0.05, 0) is 7.05 Å². The number of hydrogen-bond acceptors (Lipinski definition) is 4. The largest absolute Gasteiger partial charge is 0.340 e. The zero-order valence-corrected chi connectivity index (χ0v) is 12.9. The second kappa shape index (κ2) is 6.89. The van der Waals surface area contributed by atoms with Gasteiger partial charge in [-0.3, -0.25) is 14.4 Å². The summed E-state index contributed by atoms with van der Waals surface area (Å²) in [6.07, 6.45) is -0.0518. The third-order valence-corrected chi connectivity index (χ3v) is 4.24. The molecule has 0 spiro atoms. The molecule has 0 radical (unpaired) electrons. The van der Waals surface area contributed by atoms with Crippen LogP contribution in [0.25, 0.3) is 0 Å². The fraction of sp³-hybridized carbons (Fsp3) is 0.786. The number of carbonyl (C=O) groups excluding carboxylic acids is 3. The van der Waals surface area contributed by atoms with Gasteiger partial charge in [-0.15, -0.1) is 0 Å². The summed E-state index contributed by atoms with van der Waals surface area (Å²) in [6.45, 7) is 6.81. The average Bonchev–Trinajstić information content (AvgIpc) is 2.47. The maximum absolute atomic E-state index is 12.2. The molecule has 0 N–H and O–H groups in total. The van der Waals surface area contributed by atoms with Crippen LogP contribution in [0, 0.1) is 0 Å². The quantitative estimate of drug-likeness (QED) is 0.603. The number of likely N-dealkylation sites (N-methyl/N-ethyl adjacent to an activating group) is 1. The molecule has 21 heavy (non-hydrogen) atoms. The lowest BCUT2D eigenvalue weighted by atomic mass is 10.2. The molecule has 2 rings (SSSR count). The van der Waals surface area contributed by atoms with E-state index in [1.54, 1.807) is 14.7 Å². The smallest absolute Gasteiger partial charge is 0.232 e. The van der Waals surface area contributed by atoms with Crippen LogP contribution in [0.2, 0.25) is 0 Å². The number of amides is 3. The van der Waals surface area contributed by atoms with Crippen molar-refractivity contribution >= 4 is 17.7 Å². The second-order valence-electron chi connectivity index (χ2n) is 5.75. The van der Waals surface area contributed by atoms with Crippen LogP contribution in [-0.4, -0.2) is 96.7 Å². The van der Waals surface area contributed by atoms with Crippen molar-refractivity contribution in [2.45, 2.75) is 13.3 Å². The molecule has 0 atom stereocenters. The first-order valence-electron chi connectivity index (χ1n) is 7.47.